The van der Waals surface area contributed by atoms with E-state index >= 15 is 0 Å². The minimum atomic E-state index is 0.0734. The number of rotatable bonds is 6. The third-order valence-electron chi connectivity index (χ3n) is 3.42. The van der Waals surface area contributed by atoms with Crippen LogP contribution in [0.1, 0.15) is 50.9 Å². The molecule has 1 saturated heterocycles. The molecule has 1 aromatic rings. The van der Waals surface area contributed by atoms with Gasteiger partial charge < -0.3 is 14.5 Å². The summed E-state index contributed by atoms with van der Waals surface area (Å²) in [6.45, 7) is 4.05. The Morgan fingerprint density at radius 3 is 3.18 bits per heavy atom. The van der Waals surface area contributed by atoms with Crippen molar-refractivity contribution in [3.05, 3.63) is 24.2 Å². The summed E-state index contributed by atoms with van der Waals surface area (Å²) in [4.78, 5) is 0. The van der Waals surface area contributed by atoms with E-state index in [1.165, 1.54) is 32.2 Å². The quantitative estimate of drug-likeness (QED) is 0.771. The third kappa shape index (κ3) is 4.17. The van der Waals surface area contributed by atoms with Gasteiger partial charge in [0.25, 0.3) is 0 Å². The molecule has 0 bridgehead atoms. The molecule has 0 radical (unpaired) electrons. The van der Waals surface area contributed by atoms with Crippen LogP contribution in [-0.2, 0) is 4.74 Å². The number of ether oxygens (including phenoxy) is 1. The number of hydrogen-bond acceptors (Lipinski definition) is 3. The number of nitrogens with one attached hydrogen (secondary N) is 1. The molecule has 3 nitrogen and oxygen atoms in total. The van der Waals surface area contributed by atoms with Crippen LogP contribution in [0.4, 0.5) is 0 Å². The Balaban J connectivity index is 1.56. The van der Waals surface area contributed by atoms with Crippen LogP contribution in [0.3, 0.4) is 0 Å². The second-order valence-electron chi connectivity index (χ2n) is 4.82. The van der Waals surface area contributed by atoms with Gasteiger partial charge in [-0.15, -0.1) is 0 Å². The van der Waals surface area contributed by atoms with Crippen LogP contribution in [0.5, 0.6) is 0 Å². The second kappa shape index (κ2) is 6.82. The van der Waals surface area contributed by atoms with Gasteiger partial charge in [-0.1, -0.05) is 6.42 Å². The third-order valence-corrected chi connectivity index (χ3v) is 3.42. The van der Waals surface area contributed by atoms with Crippen molar-refractivity contribution >= 4 is 0 Å². The van der Waals surface area contributed by atoms with Gasteiger partial charge >= 0.3 is 0 Å². The lowest BCUT2D eigenvalue weighted by atomic mass is 10.0. The SMILES string of the molecule is CC(OCCCC1CCCCN1)c1ccco1. The summed E-state index contributed by atoms with van der Waals surface area (Å²) in [5.74, 6) is 0.917. The molecule has 0 spiro atoms. The summed E-state index contributed by atoms with van der Waals surface area (Å²) in [5.41, 5.74) is 0. The van der Waals surface area contributed by atoms with E-state index in [0.717, 1.165) is 18.8 Å². The zero-order valence-corrected chi connectivity index (χ0v) is 10.7. The summed E-state index contributed by atoms with van der Waals surface area (Å²) >= 11 is 0. The van der Waals surface area contributed by atoms with Gasteiger partial charge in [0.1, 0.15) is 11.9 Å². The Hall–Kier alpha value is -0.800. The maximum atomic E-state index is 5.76. The lowest BCUT2D eigenvalue weighted by molar-refractivity contribution is 0.0468. The first-order chi connectivity index (χ1) is 8.36. The van der Waals surface area contributed by atoms with E-state index in [-0.39, 0.29) is 6.10 Å². The fourth-order valence-corrected chi connectivity index (χ4v) is 2.36. The van der Waals surface area contributed by atoms with E-state index in [1.807, 2.05) is 19.1 Å². The molecule has 0 aromatic carbocycles. The van der Waals surface area contributed by atoms with Crippen molar-refractivity contribution in [3.8, 4) is 0 Å². The molecule has 2 rings (SSSR count). The molecule has 2 heterocycles. The molecule has 1 aliphatic heterocycles. The Bertz CT molecular complexity index is 291. The van der Waals surface area contributed by atoms with Crippen molar-refractivity contribution in [2.45, 2.75) is 51.2 Å². The van der Waals surface area contributed by atoms with Crippen LogP contribution in [-0.4, -0.2) is 19.2 Å². The monoisotopic (exact) mass is 237 g/mol. The molecule has 0 aliphatic carbocycles. The Kier molecular flexibility index (Phi) is 5.08. The summed E-state index contributed by atoms with van der Waals surface area (Å²) in [6.07, 6.45) is 8.16. The van der Waals surface area contributed by atoms with Gasteiger partial charge in [0.05, 0.1) is 6.26 Å². The molecule has 17 heavy (non-hydrogen) atoms. The van der Waals surface area contributed by atoms with Crippen LogP contribution >= 0.6 is 0 Å². The maximum Gasteiger partial charge on any atom is 0.132 e. The van der Waals surface area contributed by atoms with Gasteiger partial charge in [-0.05, 0) is 51.3 Å². The predicted molar refractivity (Wildman–Crippen MR) is 68.0 cm³/mol. The topological polar surface area (TPSA) is 34.4 Å². The molecule has 1 fully saturated rings. The lowest BCUT2D eigenvalue weighted by Crippen LogP contribution is -2.34. The average molecular weight is 237 g/mol. The summed E-state index contributed by atoms with van der Waals surface area (Å²) in [6, 6.07) is 4.58. The first-order valence-electron chi connectivity index (χ1n) is 6.74. The van der Waals surface area contributed by atoms with Crippen LogP contribution < -0.4 is 5.32 Å². The highest BCUT2D eigenvalue weighted by Crippen LogP contribution is 2.18. The van der Waals surface area contributed by atoms with Gasteiger partial charge in [-0.3, -0.25) is 0 Å². The van der Waals surface area contributed by atoms with E-state index < -0.39 is 0 Å². The molecule has 96 valence electrons. The zero-order valence-electron chi connectivity index (χ0n) is 10.7. The van der Waals surface area contributed by atoms with E-state index in [0.29, 0.717) is 6.04 Å². The summed E-state index contributed by atoms with van der Waals surface area (Å²) in [5, 5.41) is 3.56. The molecular weight excluding hydrogens is 214 g/mol. The molecular formula is C14H23NO2. The van der Waals surface area contributed by atoms with Crippen LogP contribution in [0.2, 0.25) is 0 Å². The van der Waals surface area contributed by atoms with E-state index in [1.54, 1.807) is 6.26 Å². The fraction of sp³-hybridized carbons (Fsp3) is 0.714. The number of furan rings is 1. The summed E-state index contributed by atoms with van der Waals surface area (Å²) in [7, 11) is 0. The van der Waals surface area contributed by atoms with Crippen LogP contribution in [0, 0.1) is 0 Å². The summed E-state index contributed by atoms with van der Waals surface area (Å²) < 4.78 is 11.1. The normalized spacial score (nSPS) is 22.5. The smallest absolute Gasteiger partial charge is 0.132 e. The lowest BCUT2D eigenvalue weighted by Gasteiger charge is -2.23. The van der Waals surface area contributed by atoms with Crippen molar-refractivity contribution in [1.82, 2.24) is 5.32 Å². The molecule has 2 unspecified atom stereocenters. The minimum absolute atomic E-state index is 0.0734. The molecule has 0 saturated carbocycles. The van der Waals surface area contributed by atoms with Crippen LogP contribution in [0.15, 0.2) is 22.8 Å². The molecule has 3 heteroatoms. The predicted octanol–water partition coefficient (Wildman–Crippen LogP) is 3.28. The highest BCUT2D eigenvalue weighted by Gasteiger charge is 2.12. The van der Waals surface area contributed by atoms with Crippen molar-refractivity contribution < 1.29 is 9.15 Å². The fourth-order valence-electron chi connectivity index (χ4n) is 2.36. The van der Waals surface area contributed by atoms with Gasteiger partial charge in [0, 0.05) is 12.6 Å². The largest absolute Gasteiger partial charge is 0.467 e. The van der Waals surface area contributed by atoms with E-state index in [2.05, 4.69) is 5.32 Å². The van der Waals surface area contributed by atoms with Gasteiger partial charge in [0.15, 0.2) is 0 Å². The van der Waals surface area contributed by atoms with Crippen molar-refractivity contribution in [2.75, 3.05) is 13.2 Å². The molecule has 2 atom stereocenters. The highest BCUT2D eigenvalue weighted by atomic mass is 16.5. The standard InChI is InChI=1S/C14H23NO2/c1-12(14-8-5-11-17-14)16-10-4-7-13-6-2-3-9-15-13/h5,8,11-13,15H,2-4,6-7,9-10H2,1H3. The number of piperidine rings is 1. The van der Waals surface area contributed by atoms with Gasteiger partial charge in [-0.2, -0.15) is 0 Å². The zero-order chi connectivity index (χ0) is 11.9. The average Bonchev–Trinajstić information content (AvgIpc) is 2.89. The first kappa shape index (κ1) is 12.7. The van der Waals surface area contributed by atoms with Gasteiger partial charge in [-0.25, -0.2) is 0 Å². The molecule has 1 aliphatic rings. The highest BCUT2D eigenvalue weighted by molar-refractivity contribution is 5.00. The maximum absolute atomic E-state index is 5.76. The Morgan fingerprint density at radius 1 is 1.53 bits per heavy atom. The first-order valence-corrected chi connectivity index (χ1v) is 6.74. The Labute approximate surface area is 104 Å². The van der Waals surface area contributed by atoms with Crippen molar-refractivity contribution in [3.63, 3.8) is 0 Å². The molecule has 0 amide bonds. The second-order valence-corrected chi connectivity index (χ2v) is 4.82. The van der Waals surface area contributed by atoms with Crippen LogP contribution in [0.25, 0.3) is 0 Å². The minimum Gasteiger partial charge on any atom is -0.467 e. The van der Waals surface area contributed by atoms with E-state index in [9.17, 15) is 0 Å². The van der Waals surface area contributed by atoms with Crippen molar-refractivity contribution in [2.24, 2.45) is 0 Å². The van der Waals surface area contributed by atoms with E-state index in [4.69, 9.17) is 9.15 Å². The Morgan fingerprint density at radius 2 is 2.47 bits per heavy atom. The van der Waals surface area contributed by atoms with Gasteiger partial charge in [0.2, 0.25) is 0 Å². The number of hydrogen-bond donors (Lipinski definition) is 1. The molecule has 1 aromatic heterocycles. The molecule has 1 N–H and O–H groups in total. The van der Waals surface area contributed by atoms with Crippen molar-refractivity contribution in [1.29, 1.82) is 0 Å².